The van der Waals surface area contributed by atoms with Crippen molar-refractivity contribution in [2.45, 2.75) is 11.4 Å². The molecule has 3 heterocycles. The summed E-state index contributed by atoms with van der Waals surface area (Å²) in [6.45, 7) is 4.18. The molecule has 2 aromatic carbocycles. The van der Waals surface area contributed by atoms with Gasteiger partial charge in [-0.2, -0.15) is 13.4 Å². The second-order valence-electron chi connectivity index (χ2n) is 7.93. The van der Waals surface area contributed by atoms with E-state index in [0.717, 1.165) is 37.5 Å². The summed E-state index contributed by atoms with van der Waals surface area (Å²) in [5, 5.41) is 7.24. The topological polar surface area (TPSA) is 113 Å². The highest BCUT2D eigenvalue weighted by atomic mass is 32.2. The fourth-order valence-corrected chi connectivity index (χ4v) is 5.06. The molecule has 10 nitrogen and oxygen atoms in total. The van der Waals surface area contributed by atoms with Crippen molar-refractivity contribution in [2.24, 2.45) is 4.40 Å². The molecule has 1 fully saturated rings. The molecule has 0 atom stereocenters. The number of aromatic nitrogens is 2. The van der Waals surface area contributed by atoms with Crippen LogP contribution in [0.4, 0.5) is 5.69 Å². The number of anilines is 1. The fourth-order valence-electron chi connectivity index (χ4n) is 3.92. The van der Waals surface area contributed by atoms with Crippen molar-refractivity contribution in [1.82, 2.24) is 19.9 Å². The number of fused-ring (bicyclic) bond motifs is 1. The second kappa shape index (κ2) is 8.93. The molecule has 0 amide bonds. The largest absolute Gasteiger partial charge is 0.497 e. The zero-order valence-corrected chi connectivity index (χ0v) is 19.0. The third-order valence-corrected chi connectivity index (χ3v) is 7.06. The Hall–Kier alpha value is -3.28. The van der Waals surface area contributed by atoms with Crippen molar-refractivity contribution in [3.63, 3.8) is 0 Å². The van der Waals surface area contributed by atoms with Gasteiger partial charge >= 0.3 is 0 Å². The van der Waals surface area contributed by atoms with Crippen molar-refractivity contribution in [1.29, 1.82) is 0 Å². The van der Waals surface area contributed by atoms with Crippen molar-refractivity contribution in [3.8, 4) is 17.1 Å². The van der Waals surface area contributed by atoms with Crippen LogP contribution in [0.25, 0.3) is 11.4 Å². The van der Waals surface area contributed by atoms with Crippen LogP contribution in [0.1, 0.15) is 5.89 Å². The monoisotopic (exact) mass is 468 g/mol. The summed E-state index contributed by atoms with van der Waals surface area (Å²) >= 11 is 0. The first kappa shape index (κ1) is 21.6. The van der Waals surface area contributed by atoms with Crippen LogP contribution >= 0.6 is 0 Å². The minimum atomic E-state index is -3.66. The highest BCUT2D eigenvalue weighted by molar-refractivity contribution is 7.90. The summed E-state index contributed by atoms with van der Waals surface area (Å²) in [6.07, 6.45) is 0. The van der Waals surface area contributed by atoms with Gasteiger partial charge in [-0.1, -0.05) is 17.3 Å². The van der Waals surface area contributed by atoms with Crippen LogP contribution in [0.5, 0.6) is 5.75 Å². The highest BCUT2D eigenvalue weighted by Crippen LogP contribution is 2.27. The number of methoxy groups -OCH3 is 1. The number of amidine groups is 1. The van der Waals surface area contributed by atoms with Gasteiger partial charge in [0.1, 0.15) is 16.5 Å². The standard InChI is InChI=1S/C22H24N6O4S/c1-31-17-8-6-16(7-9-17)22-24-21(32-25-22)15-28-12-10-27(11-13-28)14-20-23-18-4-2-3-5-19(18)33(29,30)26-20/h2-9H,10-15H2,1H3,(H,23,26). The summed E-state index contributed by atoms with van der Waals surface area (Å²) in [7, 11) is -2.04. The SMILES string of the molecule is COc1ccc(-c2noc(CN3CCN(CC4=NS(=O)(=O)c5ccccc5N4)CC3)n2)cc1. The maximum absolute atomic E-state index is 12.4. The highest BCUT2D eigenvalue weighted by Gasteiger charge is 2.26. The van der Waals surface area contributed by atoms with Crippen molar-refractivity contribution >= 4 is 21.5 Å². The molecule has 0 bridgehead atoms. The molecule has 0 saturated carbocycles. The van der Waals surface area contributed by atoms with Gasteiger partial charge < -0.3 is 14.6 Å². The van der Waals surface area contributed by atoms with Crippen LogP contribution < -0.4 is 10.1 Å². The molecule has 0 spiro atoms. The van der Waals surface area contributed by atoms with Crippen LogP contribution in [0.15, 0.2) is 62.3 Å². The van der Waals surface area contributed by atoms with Gasteiger partial charge in [-0.05, 0) is 36.4 Å². The minimum Gasteiger partial charge on any atom is -0.497 e. The number of piperazine rings is 1. The first-order valence-electron chi connectivity index (χ1n) is 10.6. The number of sulfonamides is 1. The molecule has 0 radical (unpaired) electrons. The number of para-hydroxylation sites is 1. The van der Waals surface area contributed by atoms with Gasteiger partial charge in [0, 0.05) is 31.7 Å². The number of nitrogens with zero attached hydrogens (tertiary/aromatic N) is 5. The van der Waals surface area contributed by atoms with Gasteiger partial charge in [0.2, 0.25) is 11.7 Å². The molecule has 1 N–H and O–H groups in total. The lowest BCUT2D eigenvalue weighted by Gasteiger charge is -2.34. The number of rotatable bonds is 6. The normalized spacial score (nSPS) is 18.3. The molecule has 1 aromatic heterocycles. The van der Waals surface area contributed by atoms with Crippen LogP contribution in [0, 0.1) is 0 Å². The number of benzene rings is 2. The molecular weight excluding hydrogens is 444 g/mol. The Morgan fingerprint density at radius 2 is 1.70 bits per heavy atom. The van der Waals surface area contributed by atoms with E-state index < -0.39 is 10.0 Å². The van der Waals surface area contributed by atoms with Crippen molar-refractivity contribution < 1.29 is 17.7 Å². The quantitative estimate of drug-likeness (QED) is 0.581. The third-order valence-electron chi connectivity index (χ3n) is 5.69. The molecule has 172 valence electrons. The van der Waals surface area contributed by atoms with E-state index in [1.807, 2.05) is 24.3 Å². The summed E-state index contributed by atoms with van der Waals surface area (Å²) in [5.41, 5.74) is 1.44. The van der Waals surface area contributed by atoms with E-state index in [0.29, 0.717) is 36.3 Å². The Morgan fingerprint density at radius 1 is 1.00 bits per heavy atom. The van der Waals surface area contributed by atoms with Gasteiger partial charge in [-0.3, -0.25) is 9.80 Å². The van der Waals surface area contributed by atoms with Crippen molar-refractivity contribution in [2.75, 3.05) is 45.2 Å². The average molecular weight is 469 g/mol. The zero-order chi connectivity index (χ0) is 22.8. The van der Waals surface area contributed by atoms with Crippen LogP contribution in [0.3, 0.4) is 0 Å². The summed E-state index contributed by atoms with van der Waals surface area (Å²) < 4.78 is 39.4. The fraction of sp³-hybridized carbons (Fsp3) is 0.318. The lowest BCUT2D eigenvalue weighted by molar-refractivity contribution is 0.128. The molecule has 5 rings (SSSR count). The van der Waals surface area contributed by atoms with Gasteiger partial charge in [-0.25, -0.2) is 0 Å². The molecule has 2 aliphatic heterocycles. The average Bonchev–Trinajstić information content (AvgIpc) is 3.28. The van der Waals surface area contributed by atoms with Gasteiger partial charge in [0.05, 0.1) is 25.9 Å². The molecule has 0 aliphatic carbocycles. The zero-order valence-electron chi connectivity index (χ0n) is 18.1. The number of nitrogens with one attached hydrogen (secondary N) is 1. The van der Waals surface area contributed by atoms with E-state index in [9.17, 15) is 8.42 Å². The maximum Gasteiger partial charge on any atom is 0.286 e. The van der Waals surface area contributed by atoms with Gasteiger partial charge in [0.15, 0.2) is 0 Å². The molecule has 1 saturated heterocycles. The predicted octanol–water partition coefficient (Wildman–Crippen LogP) is 2.08. The predicted molar refractivity (Wildman–Crippen MR) is 123 cm³/mol. The minimum absolute atomic E-state index is 0.215. The number of hydrogen-bond acceptors (Lipinski definition) is 9. The molecule has 11 heteroatoms. The Morgan fingerprint density at radius 3 is 2.42 bits per heavy atom. The summed E-state index contributed by atoms with van der Waals surface area (Å²) in [4.78, 5) is 9.15. The Balaban J connectivity index is 1.15. The Labute approximate surface area is 191 Å². The van der Waals surface area contributed by atoms with E-state index in [-0.39, 0.29) is 4.90 Å². The smallest absolute Gasteiger partial charge is 0.286 e. The maximum atomic E-state index is 12.4. The number of hydrogen-bond donors (Lipinski definition) is 1. The lowest BCUT2D eigenvalue weighted by atomic mass is 10.2. The van der Waals surface area contributed by atoms with E-state index in [1.165, 1.54) is 0 Å². The van der Waals surface area contributed by atoms with E-state index in [1.54, 1.807) is 31.4 Å². The first-order valence-corrected chi connectivity index (χ1v) is 12.1. The molecule has 3 aromatic rings. The third kappa shape index (κ3) is 4.75. The van der Waals surface area contributed by atoms with Crippen molar-refractivity contribution in [3.05, 3.63) is 54.4 Å². The molecular formula is C22H24N6O4S. The Bertz CT molecular complexity index is 1260. The van der Waals surface area contributed by atoms with Crippen LogP contribution in [0.2, 0.25) is 0 Å². The number of ether oxygens (including phenoxy) is 1. The first-order chi connectivity index (χ1) is 16.0. The second-order valence-corrected chi connectivity index (χ2v) is 9.50. The molecule has 0 unspecified atom stereocenters. The van der Waals surface area contributed by atoms with Gasteiger partial charge in [-0.15, -0.1) is 4.40 Å². The van der Waals surface area contributed by atoms with Crippen LogP contribution in [-0.4, -0.2) is 74.0 Å². The summed E-state index contributed by atoms with van der Waals surface area (Å²) in [5.74, 6) is 2.34. The Kier molecular flexibility index (Phi) is 5.83. The molecule has 33 heavy (non-hydrogen) atoms. The van der Waals surface area contributed by atoms with Crippen LogP contribution in [-0.2, 0) is 16.6 Å². The summed E-state index contributed by atoms with van der Waals surface area (Å²) in [6, 6.07) is 14.3. The van der Waals surface area contributed by atoms with E-state index >= 15 is 0 Å². The lowest BCUT2D eigenvalue weighted by Crippen LogP contribution is -2.48. The van der Waals surface area contributed by atoms with E-state index in [4.69, 9.17) is 9.26 Å². The van der Waals surface area contributed by atoms with Gasteiger partial charge in [0.25, 0.3) is 10.0 Å². The van der Waals surface area contributed by atoms with E-state index in [2.05, 4.69) is 29.7 Å². The molecule has 2 aliphatic rings.